The van der Waals surface area contributed by atoms with Crippen LogP contribution in [0.15, 0.2) is 29.2 Å². The second-order valence-electron chi connectivity index (χ2n) is 4.43. The molecule has 0 saturated carbocycles. The molecule has 6 nitrogen and oxygen atoms in total. The van der Waals surface area contributed by atoms with Gasteiger partial charge in [0.25, 0.3) is 0 Å². The number of benzene rings is 1. The highest BCUT2D eigenvalue weighted by Crippen LogP contribution is 2.19. The van der Waals surface area contributed by atoms with Crippen LogP contribution in [0.1, 0.15) is 17.3 Å². The Morgan fingerprint density at radius 3 is 2.53 bits per heavy atom. The number of amides is 1. The molecule has 1 aromatic rings. The van der Waals surface area contributed by atoms with Gasteiger partial charge in [-0.1, -0.05) is 0 Å². The van der Waals surface area contributed by atoms with Gasteiger partial charge < -0.3 is 10.5 Å². The first-order chi connectivity index (χ1) is 8.91. The fraction of sp³-hybridized carbons (Fsp3) is 0.417. The summed E-state index contributed by atoms with van der Waals surface area (Å²) < 4.78 is 31.4. The summed E-state index contributed by atoms with van der Waals surface area (Å²) in [6, 6.07) is 5.63. The average Bonchev–Trinajstić information content (AvgIpc) is 2.39. The van der Waals surface area contributed by atoms with Crippen LogP contribution >= 0.6 is 0 Å². The topological polar surface area (TPSA) is 89.7 Å². The summed E-state index contributed by atoms with van der Waals surface area (Å²) in [5, 5.41) is 0. The van der Waals surface area contributed by atoms with Crippen LogP contribution in [0.4, 0.5) is 0 Å². The highest BCUT2D eigenvalue weighted by molar-refractivity contribution is 7.89. The standard InChI is InChI=1S/C12H16N2O4S/c1-9-8-14(6-7-18-9)19(16,17)11-4-2-10(3-5-11)12(13)15/h2-5,9H,6-8H2,1H3,(H2,13,15)/t9-/m0/s1. The minimum Gasteiger partial charge on any atom is -0.376 e. The molecule has 2 rings (SSSR count). The number of hydrogen-bond acceptors (Lipinski definition) is 4. The number of rotatable bonds is 3. The monoisotopic (exact) mass is 284 g/mol. The minimum absolute atomic E-state index is 0.117. The molecule has 1 aliphatic rings. The van der Waals surface area contributed by atoms with Gasteiger partial charge in [0, 0.05) is 18.7 Å². The normalized spacial score (nSPS) is 21.2. The number of morpholine rings is 1. The Morgan fingerprint density at radius 2 is 2.00 bits per heavy atom. The Kier molecular flexibility index (Phi) is 3.88. The predicted octanol–water partition coefficient (Wildman–Crippen LogP) is 0.195. The molecular formula is C12H16N2O4S. The lowest BCUT2D eigenvalue weighted by molar-refractivity contribution is 0.0102. The maximum absolute atomic E-state index is 12.4. The number of carbonyl (C=O) groups excluding carboxylic acids is 1. The van der Waals surface area contributed by atoms with Crippen molar-refractivity contribution in [3.63, 3.8) is 0 Å². The van der Waals surface area contributed by atoms with Crippen molar-refractivity contribution in [3.05, 3.63) is 29.8 Å². The van der Waals surface area contributed by atoms with E-state index < -0.39 is 15.9 Å². The minimum atomic E-state index is -3.54. The van der Waals surface area contributed by atoms with Crippen LogP contribution in [0.25, 0.3) is 0 Å². The molecule has 1 atom stereocenters. The van der Waals surface area contributed by atoms with Crippen molar-refractivity contribution in [1.82, 2.24) is 4.31 Å². The third-order valence-corrected chi connectivity index (χ3v) is 4.86. The molecule has 0 bridgehead atoms. The zero-order valence-corrected chi connectivity index (χ0v) is 11.4. The maximum Gasteiger partial charge on any atom is 0.248 e. The number of carbonyl (C=O) groups is 1. The van der Waals surface area contributed by atoms with Crippen LogP contribution in [-0.4, -0.2) is 44.4 Å². The molecule has 0 aromatic heterocycles. The quantitative estimate of drug-likeness (QED) is 0.858. The largest absolute Gasteiger partial charge is 0.376 e. The van der Waals surface area contributed by atoms with E-state index >= 15 is 0 Å². The molecule has 1 saturated heterocycles. The summed E-state index contributed by atoms with van der Waals surface area (Å²) in [6.07, 6.45) is -0.117. The van der Waals surface area contributed by atoms with Gasteiger partial charge >= 0.3 is 0 Å². The molecule has 2 N–H and O–H groups in total. The van der Waals surface area contributed by atoms with Gasteiger partial charge in [-0.25, -0.2) is 8.42 Å². The van der Waals surface area contributed by atoms with Crippen molar-refractivity contribution in [2.24, 2.45) is 5.73 Å². The molecule has 19 heavy (non-hydrogen) atoms. The van der Waals surface area contributed by atoms with Gasteiger partial charge in [-0.3, -0.25) is 4.79 Å². The zero-order valence-electron chi connectivity index (χ0n) is 10.6. The zero-order chi connectivity index (χ0) is 14.0. The van der Waals surface area contributed by atoms with E-state index in [1.54, 1.807) is 0 Å². The summed E-state index contributed by atoms with van der Waals surface area (Å²) in [4.78, 5) is 11.1. The molecule has 104 valence electrons. The third-order valence-electron chi connectivity index (χ3n) is 2.98. The lowest BCUT2D eigenvalue weighted by Crippen LogP contribution is -2.44. The number of nitrogens with two attached hydrogens (primary N) is 1. The molecule has 1 heterocycles. The Bertz CT molecular complexity index is 568. The van der Waals surface area contributed by atoms with Crippen LogP contribution in [0.3, 0.4) is 0 Å². The van der Waals surface area contributed by atoms with Gasteiger partial charge in [0.05, 0.1) is 17.6 Å². The Labute approximate surface area is 112 Å². The van der Waals surface area contributed by atoms with E-state index in [1.807, 2.05) is 6.92 Å². The Morgan fingerprint density at radius 1 is 1.37 bits per heavy atom. The van der Waals surface area contributed by atoms with Gasteiger partial charge in [-0.15, -0.1) is 0 Å². The van der Waals surface area contributed by atoms with Crippen LogP contribution in [0.2, 0.25) is 0 Å². The van der Waals surface area contributed by atoms with Crippen LogP contribution in [0.5, 0.6) is 0 Å². The summed E-state index contributed by atoms with van der Waals surface area (Å²) in [6.45, 7) is 2.89. The van der Waals surface area contributed by atoms with Gasteiger partial charge in [0.15, 0.2) is 0 Å². The van der Waals surface area contributed by atoms with Crippen molar-refractivity contribution in [1.29, 1.82) is 0 Å². The Balaban J connectivity index is 2.26. The first kappa shape index (κ1) is 14.0. The molecule has 0 unspecified atom stereocenters. The summed E-state index contributed by atoms with van der Waals surface area (Å²) >= 11 is 0. The van der Waals surface area contributed by atoms with E-state index in [2.05, 4.69) is 0 Å². The molecule has 0 spiro atoms. The van der Waals surface area contributed by atoms with Crippen molar-refractivity contribution in [2.75, 3.05) is 19.7 Å². The molecule has 1 fully saturated rings. The maximum atomic E-state index is 12.4. The van der Waals surface area contributed by atoms with Crippen molar-refractivity contribution in [2.45, 2.75) is 17.9 Å². The smallest absolute Gasteiger partial charge is 0.248 e. The third kappa shape index (κ3) is 2.94. The molecule has 0 aliphatic carbocycles. The Hall–Kier alpha value is -1.44. The second-order valence-corrected chi connectivity index (χ2v) is 6.37. The number of nitrogens with zero attached hydrogens (tertiary/aromatic N) is 1. The fourth-order valence-corrected chi connectivity index (χ4v) is 3.44. The van der Waals surface area contributed by atoms with E-state index in [0.717, 1.165) is 0 Å². The highest BCUT2D eigenvalue weighted by atomic mass is 32.2. The van der Waals surface area contributed by atoms with Crippen molar-refractivity contribution < 1.29 is 17.9 Å². The van der Waals surface area contributed by atoms with Gasteiger partial charge in [-0.2, -0.15) is 4.31 Å². The summed E-state index contributed by atoms with van der Waals surface area (Å²) in [5.74, 6) is -0.580. The lowest BCUT2D eigenvalue weighted by atomic mass is 10.2. The van der Waals surface area contributed by atoms with Gasteiger partial charge in [-0.05, 0) is 31.2 Å². The van der Waals surface area contributed by atoms with Crippen LogP contribution in [-0.2, 0) is 14.8 Å². The van der Waals surface area contributed by atoms with Crippen LogP contribution < -0.4 is 5.73 Å². The number of hydrogen-bond donors (Lipinski definition) is 1. The molecule has 0 radical (unpaired) electrons. The van der Waals surface area contributed by atoms with Crippen molar-refractivity contribution >= 4 is 15.9 Å². The predicted molar refractivity (Wildman–Crippen MR) is 69.1 cm³/mol. The average molecular weight is 284 g/mol. The molecule has 1 aromatic carbocycles. The van der Waals surface area contributed by atoms with Gasteiger partial charge in [0.2, 0.25) is 15.9 Å². The van der Waals surface area contributed by atoms with E-state index in [4.69, 9.17) is 10.5 Å². The van der Waals surface area contributed by atoms with Crippen molar-refractivity contribution in [3.8, 4) is 0 Å². The summed E-state index contributed by atoms with van der Waals surface area (Å²) in [5.41, 5.74) is 5.40. The molecule has 7 heteroatoms. The SMILES string of the molecule is C[C@H]1CN(S(=O)(=O)c2ccc(C(N)=O)cc2)CCO1. The van der Waals surface area contributed by atoms with E-state index in [1.165, 1.54) is 28.6 Å². The first-order valence-electron chi connectivity index (χ1n) is 5.93. The second kappa shape index (κ2) is 5.28. The van der Waals surface area contributed by atoms with E-state index in [-0.39, 0.29) is 16.6 Å². The molecule has 1 amide bonds. The number of primary amides is 1. The fourth-order valence-electron chi connectivity index (χ4n) is 1.95. The highest BCUT2D eigenvalue weighted by Gasteiger charge is 2.29. The molecule has 1 aliphatic heterocycles. The number of sulfonamides is 1. The summed E-state index contributed by atoms with van der Waals surface area (Å²) in [7, 11) is -3.54. The van der Waals surface area contributed by atoms with E-state index in [0.29, 0.717) is 19.7 Å². The number of ether oxygens (including phenoxy) is 1. The first-order valence-corrected chi connectivity index (χ1v) is 7.37. The lowest BCUT2D eigenvalue weighted by Gasteiger charge is -2.30. The van der Waals surface area contributed by atoms with E-state index in [9.17, 15) is 13.2 Å². The van der Waals surface area contributed by atoms with Gasteiger partial charge in [0.1, 0.15) is 0 Å². The molecular weight excluding hydrogens is 268 g/mol. The van der Waals surface area contributed by atoms with Crippen LogP contribution in [0, 0.1) is 0 Å².